The molecular weight excluding hydrogens is 308 g/mol. The lowest BCUT2D eigenvalue weighted by atomic mass is 10.2. The molecular formula is C17H20N4O3. The zero-order chi connectivity index (χ0) is 17.5. The lowest BCUT2D eigenvalue weighted by Crippen LogP contribution is -2.31. The van der Waals surface area contributed by atoms with E-state index in [1.54, 1.807) is 29.2 Å². The fourth-order valence-electron chi connectivity index (χ4n) is 2.13. The topological polar surface area (TPSA) is 84.4 Å². The highest BCUT2D eigenvalue weighted by atomic mass is 16.5. The molecule has 0 radical (unpaired) electrons. The molecule has 1 aromatic carbocycles. The van der Waals surface area contributed by atoms with E-state index in [9.17, 15) is 9.59 Å². The third kappa shape index (κ3) is 4.07. The maximum atomic E-state index is 12.2. The van der Waals surface area contributed by atoms with Crippen molar-refractivity contribution in [1.29, 1.82) is 0 Å². The van der Waals surface area contributed by atoms with Crippen LogP contribution in [0.25, 0.3) is 0 Å². The number of aromatic nitrogens is 2. The molecule has 126 valence electrons. The van der Waals surface area contributed by atoms with Gasteiger partial charge in [0, 0.05) is 18.8 Å². The van der Waals surface area contributed by atoms with Gasteiger partial charge in [-0.1, -0.05) is 0 Å². The van der Waals surface area contributed by atoms with Crippen LogP contribution < -0.4 is 5.32 Å². The van der Waals surface area contributed by atoms with Crippen LogP contribution in [-0.2, 0) is 4.74 Å². The molecule has 0 bridgehead atoms. The van der Waals surface area contributed by atoms with Gasteiger partial charge in [-0.25, -0.2) is 14.8 Å². The molecule has 0 aliphatic heterocycles. The third-order valence-corrected chi connectivity index (χ3v) is 3.50. The average molecular weight is 328 g/mol. The van der Waals surface area contributed by atoms with E-state index >= 15 is 0 Å². The number of hydrogen-bond acceptors (Lipinski definition) is 6. The largest absolute Gasteiger partial charge is 0.465 e. The van der Waals surface area contributed by atoms with Crippen molar-refractivity contribution >= 4 is 23.4 Å². The summed E-state index contributed by atoms with van der Waals surface area (Å²) in [5, 5.41) is 3.06. The van der Waals surface area contributed by atoms with Crippen LogP contribution in [0.15, 0.2) is 36.7 Å². The van der Waals surface area contributed by atoms with Gasteiger partial charge in [0.15, 0.2) is 0 Å². The molecule has 2 aromatic rings. The summed E-state index contributed by atoms with van der Waals surface area (Å²) in [7, 11) is 1.34. The van der Waals surface area contributed by atoms with Gasteiger partial charge in [0.2, 0.25) is 0 Å². The van der Waals surface area contributed by atoms with Crippen LogP contribution in [0.4, 0.5) is 11.5 Å². The lowest BCUT2D eigenvalue weighted by molar-refractivity contribution is 0.0600. The fraction of sp³-hybridized carbons (Fsp3) is 0.294. The number of benzene rings is 1. The normalized spacial score (nSPS) is 10.1. The Labute approximate surface area is 140 Å². The van der Waals surface area contributed by atoms with Gasteiger partial charge in [-0.15, -0.1) is 0 Å². The Kier molecular flexibility index (Phi) is 5.83. The molecule has 0 aliphatic carbocycles. The van der Waals surface area contributed by atoms with Crippen LogP contribution in [0, 0.1) is 0 Å². The van der Waals surface area contributed by atoms with E-state index < -0.39 is 0 Å². The van der Waals surface area contributed by atoms with E-state index in [0.717, 1.165) is 5.69 Å². The van der Waals surface area contributed by atoms with E-state index in [2.05, 4.69) is 20.0 Å². The van der Waals surface area contributed by atoms with Crippen molar-refractivity contribution in [3.05, 3.63) is 47.9 Å². The highest BCUT2D eigenvalue weighted by Crippen LogP contribution is 2.15. The smallest absolute Gasteiger partial charge is 0.337 e. The number of ether oxygens (including phenoxy) is 1. The SMILES string of the molecule is CCN(CC)C(=O)c1cnc(Nc2ccc(C(=O)OC)cc2)cn1. The number of rotatable bonds is 6. The summed E-state index contributed by atoms with van der Waals surface area (Å²) >= 11 is 0. The molecule has 0 unspecified atom stereocenters. The predicted octanol–water partition coefficient (Wildman–Crippen LogP) is 2.49. The lowest BCUT2D eigenvalue weighted by Gasteiger charge is -2.17. The van der Waals surface area contributed by atoms with Crippen LogP contribution in [-0.4, -0.2) is 46.9 Å². The van der Waals surface area contributed by atoms with Crippen LogP contribution in [0.1, 0.15) is 34.7 Å². The molecule has 0 spiro atoms. The molecule has 0 fully saturated rings. The summed E-state index contributed by atoms with van der Waals surface area (Å²) < 4.78 is 4.65. The first-order valence-corrected chi connectivity index (χ1v) is 7.65. The van der Waals surface area contributed by atoms with Crippen LogP contribution in [0.3, 0.4) is 0 Å². The number of carbonyl (C=O) groups excluding carboxylic acids is 2. The van der Waals surface area contributed by atoms with Gasteiger partial charge in [-0.2, -0.15) is 0 Å². The van der Waals surface area contributed by atoms with Crippen molar-refractivity contribution < 1.29 is 14.3 Å². The van der Waals surface area contributed by atoms with Crippen molar-refractivity contribution in [2.75, 3.05) is 25.5 Å². The third-order valence-electron chi connectivity index (χ3n) is 3.50. The summed E-state index contributed by atoms with van der Waals surface area (Å²) in [6.45, 7) is 5.10. The Morgan fingerprint density at radius 2 is 1.75 bits per heavy atom. The fourth-order valence-corrected chi connectivity index (χ4v) is 2.13. The number of carbonyl (C=O) groups is 2. The first-order valence-electron chi connectivity index (χ1n) is 7.65. The number of methoxy groups -OCH3 is 1. The standard InChI is InChI=1S/C17H20N4O3/c1-4-21(5-2)16(22)14-10-19-15(11-18-14)20-13-8-6-12(7-9-13)17(23)24-3/h6-11H,4-5H2,1-3H3,(H,19,20). The van der Waals surface area contributed by atoms with Crippen molar-refractivity contribution in [1.82, 2.24) is 14.9 Å². The molecule has 2 rings (SSSR count). The second-order valence-corrected chi connectivity index (χ2v) is 4.96. The molecule has 0 aliphatic rings. The number of esters is 1. The highest BCUT2D eigenvalue weighted by molar-refractivity contribution is 5.92. The molecule has 7 nitrogen and oxygen atoms in total. The first-order chi connectivity index (χ1) is 11.6. The summed E-state index contributed by atoms with van der Waals surface area (Å²) in [4.78, 5) is 33.6. The summed E-state index contributed by atoms with van der Waals surface area (Å²) in [6.07, 6.45) is 2.96. The Balaban J connectivity index is 2.06. The summed E-state index contributed by atoms with van der Waals surface area (Å²) in [5.74, 6) is -0.0148. The number of amides is 1. The average Bonchev–Trinajstić information content (AvgIpc) is 2.63. The van der Waals surface area contributed by atoms with Gasteiger partial charge in [-0.3, -0.25) is 4.79 Å². The number of anilines is 2. The van der Waals surface area contributed by atoms with Gasteiger partial charge in [0.1, 0.15) is 11.5 Å². The quantitative estimate of drug-likeness (QED) is 0.820. The molecule has 0 atom stereocenters. The predicted molar refractivity (Wildman–Crippen MR) is 90.3 cm³/mol. The van der Waals surface area contributed by atoms with E-state index in [-0.39, 0.29) is 11.9 Å². The van der Waals surface area contributed by atoms with Gasteiger partial charge in [-0.05, 0) is 38.1 Å². The number of nitrogens with zero attached hydrogens (tertiary/aromatic N) is 3. The van der Waals surface area contributed by atoms with E-state index in [0.29, 0.717) is 30.2 Å². The first kappa shape index (κ1) is 17.4. The summed E-state index contributed by atoms with van der Waals surface area (Å²) in [5.41, 5.74) is 1.53. The highest BCUT2D eigenvalue weighted by Gasteiger charge is 2.14. The minimum atomic E-state index is -0.388. The maximum Gasteiger partial charge on any atom is 0.337 e. The molecule has 7 heteroatoms. The van der Waals surface area contributed by atoms with Crippen LogP contribution in [0.5, 0.6) is 0 Å². The molecule has 1 N–H and O–H groups in total. The molecule has 0 saturated heterocycles. The molecule has 0 saturated carbocycles. The monoisotopic (exact) mass is 328 g/mol. The summed E-state index contributed by atoms with van der Waals surface area (Å²) in [6, 6.07) is 6.78. The molecule has 1 amide bonds. The van der Waals surface area contributed by atoms with Crippen LogP contribution in [0.2, 0.25) is 0 Å². The zero-order valence-electron chi connectivity index (χ0n) is 13.9. The van der Waals surface area contributed by atoms with Gasteiger partial charge < -0.3 is 15.0 Å². The second-order valence-electron chi connectivity index (χ2n) is 4.96. The molecule has 24 heavy (non-hydrogen) atoms. The Morgan fingerprint density at radius 1 is 1.08 bits per heavy atom. The van der Waals surface area contributed by atoms with E-state index in [1.807, 2.05) is 13.8 Å². The van der Waals surface area contributed by atoms with Gasteiger partial charge in [0.05, 0.1) is 25.1 Å². The maximum absolute atomic E-state index is 12.2. The van der Waals surface area contributed by atoms with E-state index in [4.69, 9.17) is 0 Å². The second kappa shape index (κ2) is 8.05. The van der Waals surface area contributed by atoms with Gasteiger partial charge >= 0.3 is 5.97 Å². The minimum Gasteiger partial charge on any atom is -0.465 e. The van der Waals surface area contributed by atoms with Crippen molar-refractivity contribution in [3.8, 4) is 0 Å². The Morgan fingerprint density at radius 3 is 2.25 bits per heavy atom. The van der Waals surface area contributed by atoms with Crippen molar-refractivity contribution in [2.45, 2.75) is 13.8 Å². The Bertz CT molecular complexity index is 695. The number of hydrogen-bond donors (Lipinski definition) is 1. The molecule has 1 heterocycles. The van der Waals surface area contributed by atoms with Crippen LogP contribution >= 0.6 is 0 Å². The molecule has 1 aromatic heterocycles. The number of nitrogens with one attached hydrogen (secondary N) is 1. The van der Waals surface area contributed by atoms with E-state index in [1.165, 1.54) is 19.5 Å². The zero-order valence-corrected chi connectivity index (χ0v) is 13.9. The van der Waals surface area contributed by atoms with Crippen molar-refractivity contribution in [2.24, 2.45) is 0 Å². The Hall–Kier alpha value is -2.96. The minimum absolute atomic E-state index is 0.138. The van der Waals surface area contributed by atoms with Gasteiger partial charge in [0.25, 0.3) is 5.91 Å². The van der Waals surface area contributed by atoms with Crippen molar-refractivity contribution in [3.63, 3.8) is 0 Å².